The first-order valence-corrected chi connectivity index (χ1v) is 6.71. The Morgan fingerprint density at radius 2 is 2.14 bits per heavy atom. The molecular formula is C10H21IN2O. The summed E-state index contributed by atoms with van der Waals surface area (Å²) < 4.78 is 5.89. The summed E-state index contributed by atoms with van der Waals surface area (Å²) in [5.41, 5.74) is 0. The SMILES string of the molecule is CCN(CC)CCN1CCOC(I)C1. The molecule has 0 saturated carbocycles. The lowest BCUT2D eigenvalue weighted by atomic mass is 10.4. The van der Waals surface area contributed by atoms with E-state index in [1.165, 1.54) is 13.1 Å². The lowest BCUT2D eigenvalue weighted by molar-refractivity contribution is 0.0232. The zero-order valence-electron chi connectivity index (χ0n) is 9.21. The van der Waals surface area contributed by atoms with Gasteiger partial charge in [-0.25, -0.2) is 0 Å². The van der Waals surface area contributed by atoms with Crippen LogP contribution in [0.3, 0.4) is 0 Å². The molecule has 1 aliphatic heterocycles. The smallest absolute Gasteiger partial charge is 0.121 e. The molecule has 0 amide bonds. The van der Waals surface area contributed by atoms with E-state index in [2.05, 4.69) is 46.2 Å². The number of morpholine rings is 1. The van der Waals surface area contributed by atoms with E-state index >= 15 is 0 Å². The molecule has 1 atom stereocenters. The monoisotopic (exact) mass is 312 g/mol. The van der Waals surface area contributed by atoms with Crippen molar-refractivity contribution in [1.82, 2.24) is 9.80 Å². The number of hydrogen-bond acceptors (Lipinski definition) is 3. The molecule has 84 valence electrons. The van der Waals surface area contributed by atoms with Crippen LogP contribution in [0, 0.1) is 0 Å². The van der Waals surface area contributed by atoms with Crippen molar-refractivity contribution in [2.75, 3.05) is 45.9 Å². The molecule has 1 rings (SSSR count). The molecule has 1 aliphatic rings. The summed E-state index contributed by atoms with van der Waals surface area (Å²) in [6.45, 7) is 12.2. The van der Waals surface area contributed by atoms with E-state index in [0.29, 0.717) is 4.11 Å². The van der Waals surface area contributed by atoms with Crippen molar-refractivity contribution in [3.8, 4) is 0 Å². The number of hydrogen-bond donors (Lipinski definition) is 0. The van der Waals surface area contributed by atoms with Crippen LogP contribution in [0.25, 0.3) is 0 Å². The summed E-state index contributed by atoms with van der Waals surface area (Å²) >= 11 is 2.37. The van der Waals surface area contributed by atoms with Crippen LogP contribution < -0.4 is 0 Å². The van der Waals surface area contributed by atoms with Crippen LogP contribution in [0.1, 0.15) is 13.8 Å². The highest BCUT2D eigenvalue weighted by Gasteiger charge is 2.17. The molecule has 0 aromatic heterocycles. The molecule has 0 aromatic rings. The van der Waals surface area contributed by atoms with Crippen LogP contribution in [-0.2, 0) is 4.74 Å². The first kappa shape index (κ1) is 12.7. The normalized spacial score (nSPS) is 24.4. The van der Waals surface area contributed by atoms with Gasteiger partial charge in [-0.05, 0) is 35.7 Å². The second-order valence-electron chi connectivity index (χ2n) is 3.61. The molecule has 3 nitrogen and oxygen atoms in total. The van der Waals surface area contributed by atoms with Crippen molar-refractivity contribution >= 4 is 22.6 Å². The van der Waals surface area contributed by atoms with Gasteiger partial charge in [0.05, 0.1) is 6.61 Å². The van der Waals surface area contributed by atoms with E-state index in [1.54, 1.807) is 0 Å². The summed E-state index contributed by atoms with van der Waals surface area (Å²) in [6, 6.07) is 0. The molecule has 0 aliphatic carbocycles. The number of rotatable bonds is 5. The largest absolute Gasteiger partial charge is 0.365 e. The fourth-order valence-corrected chi connectivity index (χ4v) is 2.49. The minimum absolute atomic E-state index is 0.387. The maximum atomic E-state index is 5.50. The first-order chi connectivity index (χ1) is 6.76. The third-order valence-corrected chi connectivity index (χ3v) is 3.49. The molecule has 1 unspecified atom stereocenters. The predicted molar refractivity (Wildman–Crippen MR) is 68.0 cm³/mol. The number of ether oxygens (including phenoxy) is 1. The molecule has 14 heavy (non-hydrogen) atoms. The van der Waals surface area contributed by atoms with E-state index in [0.717, 1.165) is 32.8 Å². The van der Waals surface area contributed by atoms with Gasteiger partial charge in [0.2, 0.25) is 0 Å². The molecule has 1 heterocycles. The average molecular weight is 312 g/mol. The summed E-state index contributed by atoms with van der Waals surface area (Å²) in [6.07, 6.45) is 0. The fourth-order valence-electron chi connectivity index (χ4n) is 1.68. The van der Waals surface area contributed by atoms with Gasteiger partial charge in [0.1, 0.15) is 4.11 Å². The van der Waals surface area contributed by atoms with Crippen LogP contribution >= 0.6 is 22.6 Å². The van der Waals surface area contributed by atoms with E-state index in [1.807, 2.05) is 0 Å². The Morgan fingerprint density at radius 1 is 1.43 bits per heavy atom. The quantitative estimate of drug-likeness (QED) is 0.564. The van der Waals surface area contributed by atoms with E-state index in [9.17, 15) is 0 Å². The zero-order chi connectivity index (χ0) is 10.4. The van der Waals surface area contributed by atoms with Gasteiger partial charge in [0.25, 0.3) is 0 Å². The van der Waals surface area contributed by atoms with Crippen LogP contribution in [0.5, 0.6) is 0 Å². The molecule has 0 aromatic carbocycles. The predicted octanol–water partition coefficient (Wildman–Crippen LogP) is 1.42. The Balaban J connectivity index is 2.16. The highest BCUT2D eigenvalue weighted by molar-refractivity contribution is 14.1. The minimum atomic E-state index is 0.387. The highest BCUT2D eigenvalue weighted by Crippen LogP contribution is 2.10. The van der Waals surface area contributed by atoms with Gasteiger partial charge >= 0.3 is 0 Å². The minimum Gasteiger partial charge on any atom is -0.365 e. The van der Waals surface area contributed by atoms with Crippen LogP contribution in [-0.4, -0.2) is 59.8 Å². The van der Waals surface area contributed by atoms with Crippen LogP contribution in [0.2, 0.25) is 0 Å². The van der Waals surface area contributed by atoms with Gasteiger partial charge in [0.15, 0.2) is 0 Å². The van der Waals surface area contributed by atoms with Crippen molar-refractivity contribution in [3.63, 3.8) is 0 Å². The van der Waals surface area contributed by atoms with Crippen molar-refractivity contribution < 1.29 is 4.74 Å². The second kappa shape index (κ2) is 6.98. The van der Waals surface area contributed by atoms with E-state index in [4.69, 9.17) is 4.74 Å². The molecule has 0 spiro atoms. The standard InChI is InChI=1S/C10H21IN2O/c1-3-12(4-2)5-6-13-7-8-14-10(11)9-13/h10H,3-9H2,1-2H3. The van der Waals surface area contributed by atoms with Gasteiger partial charge in [-0.1, -0.05) is 13.8 Å². The van der Waals surface area contributed by atoms with E-state index in [-0.39, 0.29) is 0 Å². The van der Waals surface area contributed by atoms with Gasteiger partial charge in [-0.3, -0.25) is 4.90 Å². The number of halogens is 1. The zero-order valence-corrected chi connectivity index (χ0v) is 11.4. The summed E-state index contributed by atoms with van der Waals surface area (Å²) in [5, 5.41) is 0. The number of likely N-dealkylation sites (N-methyl/N-ethyl adjacent to an activating group) is 1. The first-order valence-electron chi connectivity index (χ1n) is 5.46. The van der Waals surface area contributed by atoms with Gasteiger partial charge in [0, 0.05) is 26.2 Å². The molecule has 1 saturated heterocycles. The van der Waals surface area contributed by atoms with E-state index < -0.39 is 0 Å². The van der Waals surface area contributed by atoms with Gasteiger partial charge in [-0.2, -0.15) is 0 Å². The van der Waals surface area contributed by atoms with Crippen molar-refractivity contribution in [1.29, 1.82) is 0 Å². The van der Waals surface area contributed by atoms with Crippen LogP contribution in [0.15, 0.2) is 0 Å². The molecule has 0 bridgehead atoms. The third-order valence-electron chi connectivity index (χ3n) is 2.73. The Labute approximate surface area is 101 Å². The van der Waals surface area contributed by atoms with Gasteiger partial charge < -0.3 is 9.64 Å². The molecular weight excluding hydrogens is 291 g/mol. The lowest BCUT2D eigenvalue weighted by Gasteiger charge is -2.31. The number of alkyl halides is 1. The second-order valence-corrected chi connectivity index (χ2v) is 5.00. The lowest BCUT2D eigenvalue weighted by Crippen LogP contribution is -2.43. The molecule has 0 radical (unpaired) electrons. The van der Waals surface area contributed by atoms with Crippen molar-refractivity contribution in [3.05, 3.63) is 0 Å². The fraction of sp³-hybridized carbons (Fsp3) is 1.00. The maximum Gasteiger partial charge on any atom is 0.121 e. The summed E-state index contributed by atoms with van der Waals surface area (Å²) in [7, 11) is 0. The third kappa shape index (κ3) is 4.42. The highest BCUT2D eigenvalue weighted by atomic mass is 127. The maximum absolute atomic E-state index is 5.50. The molecule has 1 fully saturated rings. The number of nitrogens with zero attached hydrogens (tertiary/aromatic N) is 2. The topological polar surface area (TPSA) is 15.7 Å². The summed E-state index contributed by atoms with van der Waals surface area (Å²) in [4.78, 5) is 4.97. The van der Waals surface area contributed by atoms with Crippen molar-refractivity contribution in [2.24, 2.45) is 0 Å². The molecule has 4 heteroatoms. The Bertz CT molecular complexity index is 153. The summed E-state index contributed by atoms with van der Waals surface area (Å²) in [5.74, 6) is 0. The Morgan fingerprint density at radius 3 is 2.71 bits per heavy atom. The average Bonchev–Trinajstić information content (AvgIpc) is 2.19. The van der Waals surface area contributed by atoms with Gasteiger partial charge in [-0.15, -0.1) is 0 Å². The Kier molecular flexibility index (Phi) is 6.32. The van der Waals surface area contributed by atoms with Crippen LogP contribution in [0.4, 0.5) is 0 Å². The van der Waals surface area contributed by atoms with Crippen molar-refractivity contribution in [2.45, 2.75) is 18.0 Å². The Hall–Kier alpha value is 0.610. The molecule has 0 N–H and O–H groups in total.